The van der Waals surface area contributed by atoms with E-state index in [4.69, 9.17) is 0 Å². The number of aromatic nitrogens is 2. The molecule has 0 saturated carbocycles. The third kappa shape index (κ3) is 4.66. The maximum atomic E-state index is 13.0. The Labute approximate surface area is 158 Å². The van der Waals surface area contributed by atoms with Crippen LogP contribution in [0.4, 0.5) is 13.2 Å². The van der Waals surface area contributed by atoms with Crippen molar-refractivity contribution in [3.63, 3.8) is 0 Å². The predicted octanol–water partition coefficient (Wildman–Crippen LogP) is 5.10. The van der Waals surface area contributed by atoms with Crippen LogP contribution in [0.25, 0.3) is 15.9 Å². The molecule has 0 radical (unpaired) electrons. The second-order valence-corrected chi connectivity index (χ2v) is 6.56. The van der Waals surface area contributed by atoms with Crippen LogP contribution in [0.5, 0.6) is 0 Å². The predicted molar refractivity (Wildman–Crippen MR) is 94.0 cm³/mol. The second kappa shape index (κ2) is 7.65. The molecule has 4 nitrogen and oxygen atoms in total. The first kappa shape index (κ1) is 19.6. The summed E-state index contributed by atoms with van der Waals surface area (Å²) in [5, 5.41) is 0. The minimum atomic E-state index is -4.47. The molecule has 0 atom stereocenters. The monoisotopic (exact) mass is 478 g/mol. The minimum Gasteiger partial charge on any atom is -0.465 e. The molecule has 2 rings (SSSR count). The van der Waals surface area contributed by atoms with E-state index in [1.807, 2.05) is 0 Å². The highest BCUT2D eigenvalue weighted by molar-refractivity contribution is 9.16. The highest BCUT2D eigenvalue weighted by Crippen LogP contribution is 2.33. The lowest BCUT2D eigenvalue weighted by molar-refractivity contribution is -0.137. The van der Waals surface area contributed by atoms with E-state index in [2.05, 4.69) is 46.6 Å². The molecule has 1 heterocycles. The van der Waals surface area contributed by atoms with Gasteiger partial charge in [0, 0.05) is 11.8 Å². The van der Waals surface area contributed by atoms with E-state index in [9.17, 15) is 18.0 Å². The summed E-state index contributed by atoms with van der Waals surface area (Å²) in [6.07, 6.45) is -3.07. The number of hydrogen-bond donors (Lipinski definition) is 0. The number of esters is 1. The lowest BCUT2D eigenvalue weighted by atomic mass is 10.1. The number of alkyl halides is 3. The Hall–Kier alpha value is -1.74. The van der Waals surface area contributed by atoms with Crippen LogP contribution in [0.1, 0.15) is 16.8 Å². The van der Waals surface area contributed by atoms with E-state index in [0.717, 1.165) is 12.1 Å². The van der Waals surface area contributed by atoms with E-state index in [0.29, 0.717) is 15.7 Å². The minimum absolute atomic E-state index is 0.0971. The van der Waals surface area contributed by atoms with Gasteiger partial charge in [-0.2, -0.15) is 13.2 Å². The second-order valence-electron chi connectivity index (χ2n) is 4.97. The number of halogens is 5. The van der Waals surface area contributed by atoms with Crippen LogP contribution in [-0.4, -0.2) is 23.0 Å². The summed E-state index contributed by atoms with van der Waals surface area (Å²) in [5.41, 5.74) is 0.201. The first-order chi connectivity index (χ1) is 11.6. The third-order valence-corrected chi connectivity index (χ3v) is 5.16. The first-order valence-electron chi connectivity index (χ1n) is 6.79. The van der Waals surface area contributed by atoms with E-state index >= 15 is 0 Å². The van der Waals surface area contributed by atoms with Crippen LogP contribution in [-0.2, 0) is 15.7 Å². The molecule has 0 unspecified atom stereocenters. The topological polar surface area (TPSA) is 52.1 Å². The smallest absolute Gasteiger partial charge is 0.416 e. The maximum absolute atomic E-state index is 13.0. The highest BCUT2D eigenvalue weighted by Gasteiger charge is 2.31. The average molecular weight is 480 g/mol. The van der Waals surface area contributed by atoms with Crippen molar-refractivity contribution in [1.82, 2.24) is 9.97 Å². The fourth-order valence-electron chi connectivity index (χ4n) is 1.99. The summed E-state index contributed by atoms with van der Waals surface area (Å²) in [6, 6.07) is 5.11. The summed E-state index contributed by atoms with van der Waals surface area (Å²) in [6.45, 7) is 1.56. The average Bonchev–Trinajstić information content (AvgIpc) is 2.58. The van der Waals surface area contributed by atoms with Crippen molar-refractivity contribution >= 4 is 42.3 Å². The zero-order chi connectivity index (χ0) is 18.8. The fourth-order valence-corrected chi connectivity index (χ4v) is 2.74. The number of aryl methyl sites for hydroxylation is 1. The van der Waals surface area contributed by atoms with Crippen molar-refractivity contribution in [2.45, 2.75) is 13.1 Å². The summed E-state index contributed by atoms with van der Waals surface area (Å²) in [5.74, 6) is -0.518. The zero-order valence-corrected chi connectivity index (χ0v) is 16.2. The Morgan fingerprint density at radius 3 is 2.48 bits per heavy atom. The van der Waals surface area contributed by atoms with Gasteiger partial charge in [-0.1, -0.05) is 0 Å². The number of hydrogen-bond acceptors (Lipinski definition) is 4. The van der Waals surface area contributed by atoms with Crippen molar-refractivity contribution < 1.29 is 22.7 Å². The Bertz CT molecular complexity index is 852. The Balaban J connectivity index is 2.53. The summed E-state index contributed by atoms with van der Waals surface area (Å²) >= 11 is 6.31. The lowest BCUT2D eigenvalue weighted by Gasteiger charge is -2.10. The van der Waals surface area contributed by atoms with E-state index in [-0.39, 0.29) is 15.9 Å². The highest BCUT2D eigenvalue weighted by atomic mass is 79.9. The van der Waals surface area contributed by atoms with Gasteiger partial charge in [-0.3, -0.25) is 0 Å². The molecule has 1 aromatic carbocycles. The van der Waals surface area contributed by atoms with Gasteiger partial charge in [0.2, 0.25) is 0 Å². The van der Waals surface area contributed by atoms with Crippen LogP contribution in [0.2, 0.25) is 0 Å². The molecule has 132 valence electrons. The summed E-state index contributed by atoms with van der Waals surface area (Å²) in [7, 11) is 1.22. The number of nitrogens with zero attached hydrogens (tertiary/aromatic N) is 2. The van der Waals surface area contributed by atoms with Crippen molar-refractivity contribution in [2.24, 2.45) is 0 Å². The summed E-state index contributed by atoms with van der Waals surface area (Å²) < 4.78 is 44.0. The summed E-state index contributed by atoms with van der Waals surface area (Å²) in [4.78, 5) is 19.8. The van der Waals surface area contributed by atoms with Gasteiger partial charge >= 0.3 is 12.1 Å². The van der Waals surface area contributed by atoms with Gasteiger partial charge in [-0.15, -0.1) is 0 Å². The van der Waals surface area contributed by atoms with E-state index in [1.165, 1.54) is 19.4 Å². The van der Waals surface area contributed by atoms with Crippen LogP contribution in [0.3, 0.4) is 0 Å². The fraction of sp³-hybridized carbons (Fsp3) is 0.188. The molecule has 1 aromatic heterocycles. The van der Waals surface area contributed by atoms with Gasteiger partial charge in [0.05, 0.1) is 22.8 Å². The molecule has 0 aliphatic heterocycles. The Morgan fingerprint density at radius 1 is 1.20 bits per heavy atom. The van der Waals surface area contributed by atoms with Crippen molar-refractivity contribution in [2.75, 3.05) is 7.11 Å². The molecule has 2 aromatic rings. The Kier molecular flexibility index (Phi) is 5.99. The van der Waals surface area contributed by atoms with Crippen LogP contribution in [0, 0.1) is 6.92 Å². The van der Waals surface area contributed by atoms with Gasteiger partial charge < -0.3 is 4.74 Å². The largest absolute Gasteiger partial charge is 0.465 e. The SMILES string of the molecule is COC(=O)/C(Br)=C(/Br)c1ccnc(-c2cc(C)cc(C(F)(F)F)c2)n1. The van der Waals surface area contributed by atoms with Gasteiger partial charge in [0.1, 0.15) is 4.48 Å². The molecule has 25 heavy (non-hydrogen) atoms. The first-order valence-corrected chi connectivity index (χ1v) is 8.38. The molecule has 0 amide bonds. The number of carbonyl (C=O) groups excluding carboxylic acids is 1. The van der Waals surface area contributed by atoms with Gasteiger partial charge in [0.25, 0.3) is 0 Å². The number of methoxy groups -OCH3 is 1. The lowest BCUT2D eigenvalue weighted by Crippen LogP contribution is -2.06. The van der Waals surface area contributed by atoms with Gasteiger partial charge in [0.15, 0.2) is 5.82 Å². The van der Waals surface area contributed by atoms with Gasteiger partial charge in [-0.05, 0) is 68.6 Å². The Morgan fingerprint density at radius 2 is 1.88 bits per heavy atom. The third-order valence-electron chi connectivity index (χ3n) is 3.10. The number of benzene rings is 1. The molecule has 0 fully saturated rings. The number of ether oxygens (including phenoxy) is 1. The van der Waals surface area contributed by atoms with Crippen molar-refractivity contribution in [1.29, 1.82) is 0 Å². The van der Waals surface area contributed by atoms with Crippen LogP contribution < -0.4 is 0 Å². The number of carbonyl (C=O) groups is 1. The quantitative estimate of drug-likeness (QED) is 0.454. The molecule has 0 spiro atoms. The molecular formula is C16H11Br2F3N2O2. The normalized spacial score (nSPS) is 12.6. The number of rotatable bonds is 3. The molecule has 0 aliphatic rings. The molecule has 0 bridgehead atoms. The van der Waals surface area contributed by atoms with E-state index < -0.39 is 17.7 Å². The zero-order valence-electron chi connectivity index (χ0n) is 13.0. The molecule has 9 heteroatoms. The van der Waals surface area contributed by atoms with Crippen molar-refractivity contribution in [3.8, 4) is 11.4 Å². The molecule has 0 saturated heterocycles. The van der Waals surface area contributed by atoms with E-state index in [1.54, 1.807) is 13.0 Å². The van der Waals surface area contributed by atoms with Crippen molar-refractivity contribution in [3.05, 3.63) is 51.8 Å². The van der Waals surface area contributed by atoms with Crippen LogP contribution >= 0.6 is 31.9 Å². The van der Waals surface area contributed by atoms with Crippen LogP contribution in [0.15, 0.2) is 34.9 Å². The maximum Gasteiger partial charge on any atom is 0.416 e. The van der Waals surface area contributed by atoms with Gasteiger partial charge in [-0.25, -0.2) is 14.8 Å². The molecular weight excluding hydrogens is 469 g/mol. The molecule has 0 N–H and O–H groups in total. The standard InChI is InChI=1S/C16H11Br2F3N2O2/c1-8-5-9(7-10(6-8)16(19,20)21)14-22-4-3-11(23-14)12(17)13(18)15(24)25-2/h3-7H,1-2H3/b13-12-. The molecule has 0 aliphatic carbocycles.